The minimum absolute atomic E-state index is 0.137. The third-order valence-electron chi connectivity index (χ3n) is 3.60. The molecule has 1 saturated carbocycles. The maximum absolute atomic E-state index is 11.8. The van der Waals surface area contributed by atoms with Gasteiger partial charge in [-0.05, 0) is 26.7 Å². The van der Waals surface area contributed by atoms with E-state index in [4.69, 9.17) is 10.5 Å². The summed E-state index contributed by atoms with van der Waals surface area (Å²) in [4.78, 5) is 14.1. The van der Waals surface area contributed by atoms with Crippen LogP contribution in [0.25, 0.3) is 0 Å². The number of amides is 1. The highest BCUT2D eigenvalue weighted by molar-refractivity contribution is 5.77. The Morgan fingerprint density at radius 1 is 1.39 bits per heavy atom. The predicted molar refractivity (Wildman–Crippen MR) is 70.2 cm³/mol. The fourth-order valence-corrected chi connectivity index (χ4v) is 2.61. The van der Waals surface area contributed by atoms with Gasteiger partial charge in [0.25, 0.3) is 0 Å². The molecular weight excluding hydrogens is 230 g/mol. The van der Waals surface area contributed by atoms with Crippen molar-refractivity contribution < 1.29 is 9.53 Å². The average Bonchev–Trinajstić information content (AvgIpc) is 3.08. The molecule has 1 unspecified atom stereocenters. The van der Waals surface area contributed by atoms with Crippen molar-refractivity contribution >= 4 is 5.91 Å². The molecule has 3 N–H and O–H groups in total. The van der Waals surface area contributed by atoms with Gasteiger partial charge < -0.3 is 15.8 Å². The van der Waals surface area contributed by atoms with E-state index in [-0.39, 0.29) is 24.2 Å². The molecule has 18 heavy (non-hydrogen) atoms. The summed E-state index contributed by atoms with van der Waals surface area (Å²) in [6, 6.07) is 0.566. The molecule has 1 amide bonds. The summed E-state index contributed by atoms with van der Waals surface area (Å²) in [6.45, 7) is 6.39. The Kier molecular flexibility index (Phi) is 4.59. The average molecular weight is 255 g/mol. The van der Waals surface area contributed by atoms with Crippen LogP contribution < -0.4 is 11.1 Å². The lowest BCUT2D eigenvalue weighted by Gasteiger charge is -2.39. The van der Waals surface area contributed by atoms with Gasteiger partial charge in [0.2, 0.25) is 5.91 Å². The van der Waals surface area contributed by atoms with Crippen LogP contribution in [0.2, 0.25) is 0 Å². The normalized spacial score (nSPS) is 31.1. The van der Waals surface area contributed by atoms with E-state index >= 15 is 0 Å². The lowest BCUT2D eigenvalue weighted by molar-refractivity contribution is -0.124. The first-order valence-corrected chi connectivity index (χ1v) is 6.97. The van der Waals surface area contributed by atoms with Crippen LogP contribution in [-0.4, -0.2) is 54.7 Å². The number of carbonyl (C=O) groups excluding carboxylic acids is 1. The lowest BCUT2D eigenvalue weighted by atomic mass is 10.1. The first kappa shape index (κ1) is 13.8. The van der Waals surface area contributed by atoms with Crippen LogP contribution in [0.3, 0.4) is 0 Å². The third kappa shape index (κ3) is 3.93. The van der Waals surface area contributed by atoms with Gasteiger partial charge in [0.15, 0.2) is 0 Å². The number of hydrogen-bond acceptors (Lipinski definition) is 4. The summed E-state index contributed by atoms with van der Waals surface area (Å²) in [5.74, 6) is 0.139. The minimum Gasteiger partial charge on any atom is -0.373 e. The molecule has 5 heteroatoms. The topological polar surface area (TPSA) is 67.6 Å². The molecule has 0 aromatic carbocycles. The largest absolute Gasteiger partial charge is 0.373 e. The fraction of sp³-hybridized carbons (Fsp3) is 0.923. The molecule has 5 nitrogen and oxygen atoms in total. The Bertz CT molecular complexity index is 284. The van der Waals surface area contributed by atoms with Crippen molar-refractivity contribution in [2.75, 3.05) is 19.6 Å². The summed E-state index contributed by atoms with van der Waals surface area (Å²) in [6.07, 6.45) is 3.20. The summed E-state index contributed by atoms with van der Waals surface area (Å²) >= 11 is 0. The maximum atomic E-state index is 11.8. The van der Waals surface area contributed by atoms with Crippen molar-refractivity contribution in [3.63, 3.8) is 0 Å². The van der Waals surface area contributed by atoms with Gasteiger partial charge in [-0.1, -0.05) is 0 Å². The predicted octanol–water partition coefficient (Wildman–Crippen LogP) is 0.0916. The molecule has 1 heterocycles. The van der Waals surface area contributed by atoms with E-state index in [1.165, 1.54) is 0 Å². The van der Waals surface area contributed by atoms with Gasteiger partial charge in [-0.25, -0.2) is 0 Å². The van der Waals surface area contributed by atoms with Gasteiger partial charge >= 0.3 is 0 Å². The minimum atomic E-state index is 0.137. The molecule has 1 aliphatic carbocycles. The summed E-state index contributed by atoms with van der Waals surface area (Å²) in [5.41, 5.74) is 5.83. The maximum Gasteiger partial charge on any atom is 0.221 e. The van der Waals surface area contributed by atoms with Crippen molar-refractivity contribution in [1.82, 2.24) is 10.2 Å². The second-order valence-corrected chi connectivity index (χ2v) is 5.65. The summed E-state index contributed by atoms with van der Waals surface area (Å²) < 4.78 is 5.71. The van der Waals surface area contributed by atoms with Crippen LogP contribution >= 0.6 is 0 Å². The van der Waals surface area contributed by atoms with Crippen molar-refractivity contribution in [2.45, 2.75) is 57.4 Å². The van der Waals surface area contributed by atoms with Gasteiger partial charge in [0.05, 0.1) is 12.2 Å². The Morgan fingerprint density at radius 3 is 2.50 bits per heavy atom. The number of nitrogens with two attached hydrogens (primary N) is 1. The molecule has 104 valence electrons. The zero-order valence-corrected chi connectivity index (χ0v) is 11.4. The third-order valence-corrected chi connectivity index (χ3v) is 3.60. The molecule has 0 aromatic heterocycles. The van der Waals surface area contributed by atoms with E-state index < -0.39 is 0 Å². The number of rotatable bonds is 5. The second-order valence-electron chi connectivity index (χ2n) is 5.65. The van der Waals surface area contributed by atoms with Gasteiger partial charge in [-0.3, -0.25) is 9.69 Å². The van der Waals surface area contributed by atoms with Crippen molar-refractivity contribution in [3.05, 3.63) is 0 Å². The Morgan fingerprint density at radius 2 is 2.00 bits per heavy atom. The number of ether oxygens (including phenoxy) is 1. The van der Waals surface area contributed by atoms with Crippen LogP contribution in [0.1, 0.15) is 33.1 Å². The Balaban J connectivity index is 1.84. The Labute approximate surface area is 109 Å². The van der Waals surface area contributed by atoms with Crippen LogP contribution in [0, 0.1) is 0 Å². The number of nitrogens with zero attached hydrogens (tertiary/aromatic N) is 1. The highest BCUT2D eigenvalue weighted by Gasteiger charge is 2.30. The first-order valence-electron chi connectivity index (χ1n) is 6.97. The number of hydrogen-bond donors (Lipinski definition) is 2. The van der Waals surface area contributed by atoms with Crippen molar-refractivity contribution in [3.8, 4) is 0 Å². The lowest BCUT2D eigenvalue weighted by Crippen LogP contribution is -2.53. The van der Waals surface area contributed by atoms with Crippen LogP contribution in [0.15, 0.2) is 0 Å². The van der Waals surface area contributed by atoms with E-state index in [0.717, 1.165) is 25.9 Å². The summed E-state index contributed by atoms with van der Waals surface area (Å²) in [5, 5.41) is 3.03. The number of nitrogens with one attached hydrogen (secondary N) is 1. The molecule has 1 aliphatic heterocycles. The molecular formula is C13H25N3O2. The fourth-order valence-electron chi connectivity index (χ4n) is 2.61. The molecule has 2 aliphatic rings. The highest BCUT2D eigenvalue weighted by Crippen LogP contribution is 2.19. The van der Waals surface area contributed by atoms with Crippen LogP contribution in [0.5, 0.6) is 0 Å². The zero-order valence-electron chi connectivity index (χ0n) is 11.4. The Hall–Kier alpha value is -0.650. The smallest absolute Gasteiger partial charge is 0.221 e. The van der Waals surface area contributed by atoms with E-state index in [2.05, 4.69) is 24.1 Å². The van der Waals surface area contributed by atoms with E-state index in [0.29, 0.717) is 19.0 Å². The van der Waals surface area contributed by atoms with Crippen molar-refractivity contribution in [2.24, 2.45) is 5.73 Å². The molecule has 0 spiro atoms. The standard InChI is InChI=1S/C13H25N3O2/c1-9-7-16(8-10(2)18-9)12(6-14)5-13(17)15-11-3-4-11/h9-12H,3-8,14H2,1-2H3,(H,15,17)/t9-,10+,12?. The van der Waals surface area contributed by atoms with Crippen LogP contribution in [0.4, 0.5) is 0 Å². The number of carbonyl (C=O) groups is 1. The van der Waals surface area contributed by atoms with Crippen molar-refractivity contribution in [1.29, 1.82) is 0 Å². The molecule has 0 bridgehead atoms. The number of morpholine rings is 1. The highest BCUT2D eigenvalue weighted by atomic mass is 16.5. The monoisotopic (exact) mass is 255 g/mol. The second kappa shape index (κ2) is 5.99. The van der Waals surface area contributed by atoms with Crippen LogP contribution in [-0.2, 0) is 9.53 Å². The van der Waals surface area contributed by atoms with Gasteiger partial charge in [0.1, 0.15) is 0 Å². The first-order chi connectivity index (χ1) is 8.58. The molecule has 2 rings (SSSR count). The van der Waals surface area contributed by atoms with Gasteiger partial charge in [-0.15, -0.1) is 0 Å². The van der Waals surface area contributed by atoms with E-state index in [1.54, 1.807) is 0 Å². The van der Waals surface area contributed by atoms with Gasteiger partial charge in [0, 0.05) is 38.1 Å². The SMILES string of the molecule is C[C@@H]1CN(C(CN)CC(=O)NC2CC2)C[C@H](C)O1. The molecule has 3 atom stereocenters. The van der Waals surface area contributed by atoms with E-state index in [1.807, 2.05) is 0 Å². The quantitative estimate of drug-likeness (QED) is 0.731. The zero-order chi connectivity index (χ0) is 13.1. The molecule has 2 fully saturated rings. The van der Waals surface area contributed by atoms with Gasteiger partial charge in [-0.2, -0.15) is 0 Å². The summed E-state index contributed by atoms with van der Waals surface area (Å²) in [7, 11) is 0. The molecule has 0 aromatic rings. The molecule has 0 radical (unpaired) electrons. The molecule has 1 saturated heterocycles. The van der Waals surface area contributed by atoms with E-state index in [9.17, 15) is 4.79 Å².